The maximum Gasteiger partial charge on any atom is 0.0313 e. The highest BCUT2D eigenvalue weighted by Gasteiger charge is 2.19. The molecular weight excluding hydrogens is 122 g/mol. The molecule has 0 spiro atoms. The summed E-state index contributed by atoms with van der Waals surface area (Å²) in [6.45, 7) is 11.2. The van der Waals surface area contributed by atoms with E-state index < -0.39 is 0 Å². The van der Waals surface area contributed by atoms with Crippen LogP contribution in [0.25, 0.3) is 0 Å². The second-order valence-electron chi connectivity index (χ2n) is 3.04. The predicted molar refractivity (Wildman–Crippen MR) is 45.0 cm³/mol. The third-order valence-corrected chi connectivity index (χ3v) is 2.39. The lowest BCUT2D eigenvalue weighted by molar-refractivity contribution is 0.273. The molecule has 0 amide bonds. The first-order valence-electron chi connectivity index (χ1n) is 3.70. The standard InChI is InChI=1S/C9H15N/c1-7-5-6-10(4)9(3)8(7)2/h9H,1-2,5-6H2,3-4H3. The van der Waals surface area contributed by atoms with Gasteiger partial charge in [0, 0.05) is 12.6 Å². The van der Waals surface area contributed by atoms with E-state index in [-0.39, 0.29) is 0 Å². The molecule has 0 aliphatic carbocycles. The largest absolute Gasteiger partial charge is 0.299 e. The number of nitrogens with zero attached hydrogens (tertiary/aromatic N) is 1. The van der Waals surface area contributed by atoms with Crippen molar-refractivity contribution in [1.82, 2.24) is 4.90 Å². The number of likely N-dealkylation sites (N-methyl/N-ethyl adjacent to an activating group) is 1. The number of piperidine rings is 1. The van der Waals surface area contributed by atoms with Gasteiger partial charge < -0.3 is 0 Å². The molecule has 0 saturated carbocycles. The van der Waals surface area contributed by atoms with Gasteiger partial charge in [0.2, 0.25) is 0 Å². The van der Waals surface area contributed by atoms with E-state index in [1.807, 2.05) is 0 Å². The summed E-state index contributed by atoms with van der Waals surface area (Å²) in [4.78, 5) is 2.30. The fraction of sp³-hybridized carbons (Fsp3) is 0.556. The van der Waals surface area contributed by atoms with Crippen LogP contribution in [0.4, 0.5) is 0 Å². The summed E-state index contributed by atoms with van der Waals surface area (Å²) in [7, 11) is 2.13. The molecular formula is C9H15N. The van der Waals surface area contributed by atoms with Crippen LogP contribution in [0.5, 0.6) is 0 Å². The minimum absolute atomic E-state index is 0.487. The topological polar surface area (TPSA) is 3.24 Å². The lowest BCUT2D eigenvalue weighted by Gasteiger charge is -2.32. The molecule has 1 rings (SSSR count). The summed E-state index contributed by atoms with van der Waals surface area (Å²) in [5, 5.41) is 0. The molecule has 1 unspecified atom stereocenters. The fourth-order valence-electron chi connectivity index (χ4n) is 1.23. The number of likely N-dealkylation sites (tertiary alicyclic amines) is 1. The zero-order valence-electron chi connectivity index (χ0n) is 6.85. The molecule has 0 bridgehead atoms. The van der Waals surface area contributed by atoms with Crippen molar-refractivity contribution in [3.05, 3.63) is 24.3 Å². The van der Waals surface area contributed by atoms with Gasteiger partial charge in [-0.15, -0.1) is 0 Å². The van der Waals surface area contributed by atoms with Gasteiger partial charge in [-0.25, -0.2) is 0 Å². The Hall–Kier alpha value is -0.560. The third kappa shape index (κ3) is 1.14. The van der Waals surface area contributed by atoms with Crippen LogP contribution in [0.15, 0.2) is 24.3 Å². The minimum atomic E-state index is 0.487. The van der Waals surface area contributed by atoms with E-state index in [4.69, 9.17) is 0 Å². The number of rotatable bonds is 0. The van der Waals surface area contributed by atoms with Gasteiger partial charge >= 0.3 is 0 Å². The molecule has 0 N–H and O–H groups in total. The van der Waals surface area contributed by atoms with E-state index in [9.17, 15) is 0 Å². The molecule has 1 heteroatoms. The molecule has 1 atom stereocenters. The van der Waals surface area contributed by atoms with Crippen LogP contribution in [-0.2, 0) is 0 Å². The first-order chi connectivity index (χ1) is 4.63. The van der Waals surface area contributed by atoms with E-state index in [2.05, 4.69) is 32.0 Å². The van der Waals surface area contributed by atoms with Crippen molar-refractivity contribution in [3.63, 3.8) is 0 Å². The Morgan fingerprint density at radius 1 is 1.50 bits per heavy atom. The van der Waals surface area contributed by atoms with Crippen LogP contribution in [-0.4, -0.2) is 24.5 Å². The monoisotopic (exact) mass is 137 g/mol. The third-order valence-electron chi connectivity index (χ3n) is 2.39. The van der Waals surface area contributed by atoms with Gasteiger partial charge in [-0.2, -0.15) is 0 Å². The van der Waals surface area contributed by atoms with Crippen molar-refractivity contribution in [2.24, 2.45) is 0 Å². The Bertz CT molecular complexity index is 170. The molecule has 56 valence electrons. The average Bonchev–Trinajstić information content (AvgIpc) is 1.93. The Morgan fingerprint density at radius 3 is 2.60 bits per heavy atom. The average molecular weight is 137 g/mol. The normalized spacial score (nSPS) is 29.2. The summed E-state index contributed by atoms with van der Waals surface area (Å²) in [5.74, 6) is 0. The first kappa shape index (κ1) is 7.55. The summed E-state index contributed by atoms with van der Waals surface area (Å²) in [6.07, 6.45) is 1.08. The highest BCUT2D eigenvalue weighted by molar-refractivity contribution is 5.31. The highest BCUT2D eigenvalue weighted by Crippen LogP contribution is 2.23. The van der Waals surface area contributed by atoms with Gasteiger partial charge in [0.15, 0.2) is 0 Å². The van der Waals surface area contributed by atoms with Crippen LogP contribution in [0.2, 0.25) is 0 Å². The lowest BCUT2D eigenvalue weighted by atomic mass is 9.95. The van der Waals surface area contributed by atoms with E-state index >= 15 is 0 Å². The molecule has 1 saturated heterocycles. The van der Waals surface area contributed by atoms with Crippen molar-refractivity contribution in [2.75, 3.05) is 13.6 Å². The molecule has 0 aromatic heterocycles. The summed E-state index contributed by atoms with van der Waals surface area (Å²) < 4.78 is 0. The van der Waals surface area contributed by atoms with Crippen LogP contribution < -0.4 is 0 Å². The fourth-order valence-corrected chi connectivity index (χ4v) is 1.23. The zero-order chi connectivity index (χ0) is 7.72. The quantitative estimate of drug-likeness (QED) is 0.492. The molecule has 1 aliphatic rings. The maximum absolute atomic E-state index is 3.99. The number of hydrogen-bond acceptors (Lipinski definition) is 1. The zero-order valence-corrected chi connectivity index (χ0v) is 6.85. The summed E-state index contributed by atoms with van der Waals surface area (Å²) in [6, 6.07) is 0.487. The molecule has 10 heavy (non-hydrogen) atoms. The van der Waals surface area contributed by atoms with Gasteiger partial charge in [0.1, 0.15) is 0 Å². The molecule has 0 aromatic rings. The molecule has 1 fully saturated rings. The van der Waals surface area contributed by atoms with Gasteiger partial charge in [-0.1, -0.05) is 13.2 Å². The van der Waals surface area contributed by atoms with E-state index in [0.29, 0.717) is 6.04 Å². The summed E-state index contributed by atoms with van der Waals surface area (Å²) in [5.41, 5.74) is 2.43. The summed E-state index contributed by atoms with van der Waals surface area (Å²) >= 11 is 0. The molecule has 1 heterocycles. The Kier molecular flexibility index (Phi) is 1.95. The van der Waals surface area contributed by atoms with E-state index in [1.165, 1.54) is 11.1 Å². The highest BCUT2D eigenvalue weighted by atomic mass is 15.1. The first-order valence-corrected chi connectivity index (χ1v) is 3.70. The van der Waals surface area contributed by atoms with Gasteiger partial charge in [0.25, 0.3) is 0 Å². The van der Waals surface area contributed by atoms with E-state index in [1.54, 1.807) is 0 Å². The second-order valence-corrected chi connectivity index (χ2v) is 3.04. The van der Waals surface area contributed by atoms with Gasteiger partial charge in [-0.05, 0) is 31.5 Å². The van der Waals surface area contributed by atoms with Crippen LogP contribution in [0.1, 0.15) is 13.3 Å². The van der Waals surface area contributed by atoms with E-state index in [0.717, 1.165) is 13.0 Å². The van der Waals surface area contributed by atoms with Crippen molar-refractivity contribution in [3.8, 4) is 0 Å². The lowest BCUT2D eigenvalue weighted by Crippen LogP contribution is -2.36. The Morgan fingerprint density at radius 2 is 2.10 bits per heavy atom. The molecule has 1 nitrogen and oxygen atoms in total. The van der Waals surface area contributed by atoms with Crippen molar-refractivity contribution >= 4 is 0 Å². The van der Waals surface area contributed by atoms with Crippen molar-refractivity contribution in [1.29, 1.82) is 0 Å². The molecule has 0 radical (unpaired) electrons. The molecule has 1 aliphatic heterocycles. The van der Waals surface area contributed by atoms with Gasteiger partial charge in [0.05, 0.1) is 0 Å². The molecule has 0 aromatic carbocycles. The maximum atomic E-state index is 3.99. The van der Waals surface area contributed by atoms with Crippen LogP contribution >= 0.6 is 0 Å². The smallest absolute Gasteiger partial charge is 0.0313 e. The van der Waals surface area contributed by atoms with Crippen molar-refractivity contribution in [2.45, 2.75) is 19.4 Å². The number of hydrogen-bond donors (Lipinski definition) is 0. The second kappa shape index (κ2) is 2.59. The van der Waals surface area contributed by atoms with Crippen LogP contribution in [0, 0.1) is 0 Å². The Balaban J connectivity index is 2.70. The van der Waals surface area contributed by atoms with Crippen molar-refractivity contribution < 1.29 is 0 Å². The SMILES string of the molecule is C=C1CCN(C)C(C)C1=C. The minimum Gasteiger partial charge on any atom is -0.299 e. The Labute approximate surface area is 63.0 Å². The van der Waals surface area contributed by atoms with Gasteiger partial charge in [-0.3, -0.25) is 4.90 Å². The predicted octanol–water partition coefficient (Wildman–Crippen LogP) is 1.82. The van der Waals surface area contributed by atoms with Crippen LogP contribution in [0.3, 0.4) is 0 Å².